The lowest BCUT2D eigenvalue weighted by atomic mass is 9.87. The number of benzene rings is 1. The van der Waals surface area contributed by atoms with Gasteiger partial charge in [-0.05, 0) is 37.0 Å². The van der Waals surface area contributed by atoms with Crippen LogP contribution in [0.15, 0.2) is 50.5 Å². The monoisotopic (exact) mass is 628 g/mol. The zero-order chi connectivity index (χ0) is 28.3. The molecule has 0 amide bonds. The minimum atomic E-state index is -2.98. The van der Waals surface area contributed by atoms with E-state index in [1.165, 1.54) is 34.4 Å². The Hall–Kier alpha value is -2.77. The van der Waals surface area contributed by atoms with E-state index in [-0.39, 0.29) is 38.0 Å². The van der Waals surface area contributed by atoms with Crippen LogP contribution in [0.2, 0.25) is 0 Å². The van der Waals surface area contributed by atoms with Gasteiger partial charge in [0.2, 0.25) is 0 Å². The first-order chi connectivity index (χ1) is 18.5. The maximum absolute atomic E-state index is 14.7. The molecular weight excluding hydrogens is 601 g/mol. The van der Waals surface area contributed by atoms with E-state index in [0.29, 0.717) is 26.6 Å². The van der Waals surface area contributed by atoms with E-state index in [0.717, 1.165) is 0 Å². The van der Waals surface area contributed by atoms with Crippen molar-refractivity contribution in [2.75, 3.05) is 19.7 Å². The van der Waals surface area contributed by atoms with Gasteiger partial charge in [-0.15, -0.1) is 11.3 Å². The number of esters is 1. The van der Waals surface area contributed by atoms with Crippen LogP contribution in [0.25, 0.3) is 0 Å². The predicted octanol–water partition coefficient (Wildman–Crippen LogP) is 5.16. The minimum absolute atomic E-state index is 0.0655. The van der Waals surface area contributed by atoms with Crippen molar-refractivity contribution in [3.63, 3.8) is 0 Å². The second-order valence-corrected chi connectivity index (χ2v) is 11.3. The Bertz CT molecular complexity index is 1290. The lowest BCUT2D eigenvalue weighted by Gasteiger charge is -2.43. The molecule has 0 spiro atoms. The maximum atomic E-state index is 14.7. The molecular formula is C26H28BrF3N4O4S. The molecule has 0 aliphatic carbocycles. The summed E-state index contributed by atoms with van der Waals surface area (Å²) >= 11 is 4.67. The number of carboxylic acids is 1. The number of alkyl halides is 2. The summed E-state index contributed by atoms with van der Waals surface area (Å²) in [6, 6.07) is 2.60. The van der Waals surface area contributed by atoms with Crippen molar-refractivity contribution in [2.45, 2.75) is 51.1 Å². The third-order valence-electron chi connectivity index (χ3n) is 6.74. The number of likely N-dealkylation sites (tertiary alicyclic amines) is 1. The van der Waals surface area contributed by atoms with Crippen molar-refractivity contribution in [1.82, 2.24) is 15.2 Å². The largest absolute Gasteiger partial charge is 0.481 e. The number of hydrogen-bond donors (Lipinski definition) is 2. The summed E-state index contributed by atoms with van der Waals surface area (Å²) in [4.78, 5) is 35.3. The Morgan fingerprint density at radius 2 is 2.15 bits per heavy atom. The molecule has 1 fully saturated rings. The van der Waals surface area contributed by atoms with Gasteiger partial charge in [-0.2, -0.15) is 0 Å². The van der Waals surface area contributed by atoms with Gasteiger partial charge in [0.1, 0.15) is 11.9 Å². The number of halogens is 4. The zero-order valence-electron chi connectivity index (χ0n) is 21.3. The average Bonchev–Trinajstić information content (AvgIpc) is 3.38. The molecule has 39 heavy (non-hydrogen) atoms. The van der Waals surface area contributed by atoms with Gasteiger partial charge in [-0.3, -0.25) is 14.7 Å². The number of hydrogen-bond acceptors (Lipinski definition) is 8. The highest BCUT2D eigenvalue weighted by molar-refractivity contribution is 9.10. The van der Waals surface area contributed by atoms with Gasteiger partial charge >= 0.3 is 11.9 Å². The van der Waals surface area contributed by atoms with Gasteiger partial charge in [0, 0.05) is 47.2 Å². The number of thiazole rings is 1. The summed E-state index contributed by atoms with van der Waals surface area (Å²) in [5.41, 5.74) is 0.871. The number of aromatic nitrogens is 1. The van der Waals surface area contributed by atoms with Gasteiger partial charge in [0.25, 0.3) is 5.92 Å². The number of aliphatic carboxylic acids is 1. The predicted molar refractivity (Wildman–Crippen MR) is 143 cm³/mol. The Morgan fingerprint density at radius 3 is 2.79 bits per heavy atom. The number of carboxylic acid groups (broad SMARTS) is 1. The first-order valence-corrected chi connectivity index (χ1v) is 14.1. The van der Waals surface area contributed by atoms with Gasteiger partial charge in [0.05, 0.1) is 18.7 Å². The number of ether oxygens (including phenoxy) is 1. The summed E-state index contributed by atoms with van der Waals surface area (Å²) in [6.45, 7) is 2.73. The van der Waals surface area contributed by atoms with Crippen molar-refractivity contribution in [3.05, 3.63) is 61.9 Å². The van der Waals surface area contributed by atoms with E-state index in [4.69, 9.17) is 9.73 Å². The fraction of sp³-hybridized carbons (Fsp3) is 0.462. The Balaban J connectivity index is 1.83. The highest BCUT2D eigenvalue weighted by Crippen LogP contribution is 2.39. The molecule has 1 saturated heterocycles. The summed E-state index contributed by atoms with van der Waals surface area (Å²) in [5, 5.41) is 14.7. The Morgan fingerprint density at radius 1 is 1.38 bits per heavy atom. The second kappa shape index (κ2) is 12.2. The molecule has 8 nitrogen and oxygen atoms in total. The lowest BCUT2D eigenvalue weighted by molar-refractivity contribution is -0.140. The van der Waals surface area contributed by atoms with Crippen LogP contribution >= 0.6 is 27.3 Å². The maximum Gasteiger partial charge on any atom is 0.338 e. The van der Waals surface area contributed by atoms with Crippen molar-refractivity contribution in [3.8, 4) is 0 Å². The van der Waals surface area contributed by atoms with Crippen molar-refractivity contribution >= 4 is 45.0 Å². The highest BCUT2D eigenvalue weighted by Gasteiger charge is 2.43. The molecule has 1 aromatic carbocycles. The smallest absolute Gasteiger partial charge is 0.338 e. The molecule has 4 rings (SSSR count). The van der Waals surface area contributed by atoms with Crippen LogP contribution in [0, 0.1) is 11.7 Å². The number of carbonyl (C=O) groups is 2. The first kappa shape index (κ1) is 29.2. The zero-order valence-corrected chi connectivity index (χ0v) is 23.7. The number of rotatable bonds is 9. The van der Waals surface area contributed by atoms with Crippen LogP contribution in [-0.4, -0.2) is 64.4 Å². The molecule has 0 bridgehead atoms. The third kappa shape index (κ3) is 6.87. The third-order valence-corrected chi connectivity index (χ3v) is 8.20. The second-order valence-electron chi connectivity index (χ2n) is 9.56. The van der Waals surface area contributed by atoms with Gasteiger partial charge in [-0.1, -0.05) is 28.9 Å². The fourth-order valence-electron chi connectivity index (χ4n) is 5.03. The number of nitrogens with one attached hydrogen (secondary N) is 1. The normalized spacial score (nSPS) is 22.2. The molecule has 0 radical (unpaired) electrons. The van der Waals surface area contributed by atoms with E-state index in [2.05, 4.69) is 26.2 Å². The summed E-state index contributed by atoms with van der Waals surface area (Å²) in [7, 11) is 0. The summed E-state index contributed by atoms with van der Waals surface area (Å²) in [6.07, 6.45) is 1.16. The van der Waals surface area contributed by atoms with Gasteiger partial charge in [-0.25, -0.2) is 22.9 Å². The molecule has 3 heterocycles. The lowest BCUT2D eigenvalue weighted by Crippen LogP contribution is -2.53. The molecule has 2 aliphatic rings. The number of nitrogens with zero attached hydrogens (tertiary/aromatic N) is 3. The van der Waals surface area contributed by atoms with E-state index < -0.39 is 48.2 Å². The molecule has 3 atom stereocenters. The molecule has 2 aliphatic heterocycles. The molecule has 0 saturated carbocycles. The Kier molecular flexibility index (Phi) is 9.12. The van der Waals surface area contributed by atoms with E-state index >= 15 is 0 Å². The standard InChI is InChI=1S/C26H28BrF3N4O4S/c1-3-38-25(37)21-18(12-34-13-26(29,30)7-6-19(34)14(2)10-20(35)36)32-23(24-31-8-9-39-24)33-22(21)16-5-4-15(28)11-17(16)27/h4-5,8-9,11,14,19,22H,3,6-7,10,12-13H2,1-2H3,(H,32,33)(H,35,36)/t14?,19-,22-/m0/s1. The number of carbonyl (C=O) groups excluding carboxylic acids is 1. The fourth-order valence-corrected chi connectivity index (χ4v) is 6.19. The minimum Gasteiger partial charge on any atom is -0.481 e. The SMILES string of the molecule is CCOC(=O)C1=C(CN2CC(F)(F)CC[C@H]2C(C)CC(=O)O)NC(c2nccs2)=N[C@H]1c1ccc(F)cc1Br. The molecule has 210 valence electrons. The van der Waals surface area contributed by atoms with E-state index in [1.807, 2.05) is 0 Å². The summed E-state index contributed by atoms with van der Waals surface area (Å²) in [5.74, 6) is -5.26. The molecule has 2 N–H and O–H groups in total. The van der Waals surface area contributed by atoms with Crippen LogP contribution in [-0.2, 0) is 14.3 Å². The van der Waals surface area contributed by atoms with Crippen LogP contribution < -0.4 is 5.32 Å². The molecule has 2 aromatic rings. The van der Waals surface area contributed by atoms with Crippen LogP contribution in [0.5, 0.6) is 0 Å². The van der Waals surface area contributed by atoms with Crippen molar-refractivity contribution < 1.29 is 32.6 Å². The number of piperidine rings is 1. The van der Waals surface area contributed by atoms with Crippen LogP contribution in [0.4, 0.5) is 13.2 Å². The van der Waals surface area contributed by atoms with Crippen molar-refractivity contribution in [1.29, 1.82) is 0 Å². The van der Waals surface area contributed by atoms with E-state index in [9.17, 15) is 27.9 Å². The van der Waals surface area contributed by atoms with Crippen LogP contribution in [0.3, 0.4) is 0 Å². The van der Waals surface area contributed by atoms with Crippen molar-refractivity contribution in [2.24, 2.45) is 10.9 Å². The van der Waals surface area contributed by atoms with E-state index in [1.54, 1.807) is 25.4 Å². The Labute approximate surface area is 236 Å². The highest BCUT2D eigenvalue weighted by atomic mass is 79.9. The first-order valence-electron chi connectivity index (χ1n) is 12.4. The average molecular weight is 629 g/mol. The molecule has 13 heteroatoms. The number of aliphatic imine (C=N–C) groups is 1. The summed E-state index contributed by atoms with van der Waals surface area (Å²) < 4.78 is 49.0. The van der Waals surface area contributed by atoms with Gasteiger partial charge in [0.15, 0.2) is 10.8 Å². The quantitative estimate of drug-likeness (QED) is 0.370. The van der Waals surface area contributed by atoms with Gasteiger partial charge < -0.3 is 15.2 Å². The topological polar surface area (TPSA) is 104 Å². The van der Waals surface area contributed by atoms with Crippen LogP contribution in [0.1, 0.15) is 49.7 Å². The molecule has 1 unspecified atom stereocenters. The molecule has 1 aromatic heterocycles. The number of amidine groups is 1.